The van der Waals surface area contributed by atoms with E-state index in [1.165, 1.54) is 20.0 Å². The van der Waals surface area contributed by atoms with E-state index in [4.69, 9.17) is 10.8 Å². The number of hydrogen-bond donors (Lipinski definition) is 3. The van der Waals surface area contributed by atoms with Crippen LogP contribution in [0.25, 0.3) is 0 Å². The lowest BCUT2D eigenvalue weighted by Crippen LogP contribution is -2.53. The Bertz CT molecular complexity index is 571. The third-order valence-corrected chi connectivity index (χ3v) is 2.52. The van der Waals surface area contributed by atoms with E-state index in [1.54, 1.807) is 12.1 Å². The van der Waals surface area contributed by atoms with Crippen LogP contribution in [0.1, 0.15) is 36.3 Å². The average molecular weight is 275 g/mol. The van der Waals surface area contributed by atoms with Crippen molar-refractivity contribution in [2.45, 2.75) is 25.8 Å². The Morgan fingerprint density at radius 3 is 2.80 bits per heavy atom. The lowest BCUT2D eigenvalue weighted by Gasteiger charge is -2.22. The fraction of sp³-hybridized carbons (Fsp3) is 0.357. The van der Waals surface area contributed by atoms with Gasteiger partial charge in [-0.2, -0.15) is 0 Å². The van der Waals surface area contributed by atoms with E-state index >= 15 is 0 Å². The molecule has 0 saturated carbocycles. The highest BCUT2D eigenvalue weighted by molar-refractivity contribution is 5.98. The van der Waals surface area contributed by atoms with Crippen molar-refractivity contribution < 1.29 is 14.7 Å². The van der Waals surface area contributed by atoms with Gasteiger partial charge in [0.15, 0.2) is 0 Å². The van der Waals surface area contributed by atoms with Crippen LogP contribution < -0.4 is 11.1 Å². The molecule has 20 heavy (non-hydrogen) atoms. The highest BCUT2D eigenvalue weighted by Gasteiger charge is 2.28. The second kappa shape index (κ2) is 6.68. The molecule has 4 N–H and O–H groups in total. The molecule has 0 aliphatic heterocycles. The van der Waals surface area contributed by atoms with Crippen LogP contribution in [0.5, 0.6) is 0 Å². The topological polar surface area (TPSA) is 105 Å². The standard InChI is InChI=1S/C14H17N3O3/c1-14(2,13(15)20)17-12(19)11-10(6-3-4-9-18)7-5-8-16-11/h5,7-8,18H,4,9H2,1-2H3,(H2,15,20)(H,17,19). The zero-order valence-electron chi connectivity index (χ0n) is 11.4. The van der Waals surface area contributed by atoms with Crippen LogP contribution in [-0.2, 0) is 4.79 Å². The number of carbonyl (C=O) groups is 2. The first-order valence-electron chi connectivity index (χ1n) is 6.05. The van der Waals surface area contributed by atoms with Crippen molar-refractivity contribution in [3.63, 3.8) is 0 Å². The maximum absolute atomic E-state index is 12.1. The van der Waals surface area contributed by atoms with Crippen LogP contribution in [0, 0.1) is 11.8 Å². The van der Waals surface area contributed by atoms with Gasteiger partial charge in [-0.05, 0) is 26.0 Å². The van der Waals surface area contributed by atoms with Crippen molar-refractivity contribution in [1.82, 2.24) is 10.3 Å². The molecule has 6 nitrogen and oxygen atoms in total. The first-order chi connectivity index (χ1) is 9.38. The van der Waals surface area contributed by atoms with Gasteiger partial charge in [0, 0.05) is 12.6 Å². The van der Waals surface area contributed by atoms with Crippen LogP contribution in [0.4, 0.5) is 0 Å². The van der Waals surface area contributed by atoms with Gasteiger partial charge >= 0.3 is 0 Å². The van der Waals surface area contributed by atoms with E-state index in [0.29, 0.717) is 12.0 Å². The Kier molecular flexibility index (Phi) is 5.23. The third-order valence-electron chi connectivity index (χ3n) is 2.52. The van der Waals surface area contributed by atoms with Gasteiger partial charge in [0.2, 0.25) is 5.91 Å². The van der Waals surface area contributed by atoms with Crippen LogP contribution >= 0.6 is 0 Å². The fourth-order valence-corrected chi connectivity index (χ4v) is 1.31. The van der Waals surface area contributed by atoms with Gasteiger partial charge < -0.3 is 16.2 Å². The molecule has 1 rings (SSSR count). The third kappa shape index (κ3) is 4.07. The number of nitrogens with one attached hydrogen (secondary N) is 1. The van der Waals surface area contributed by atoms with Crippen molar-refractivity contribution in [1.29, 1.82) is 0 Å². The van der Waals surface area contributed by atoms with Crippen molar-refractivity contribution in [2.24, 2.45) is 5.73 Å². The molecule has 0 unspecified atom stereocenters. The van der Waals surface area contributed by atoms with E-state index in [2.05, 4.69) is 22.1 Å². The minimum absolute atomic E-state index is 0.0521. The molecule has 0 atom stereocenters. The summed E-state index contributed by atoms with van der Waals surface area (Å²) in [7, 11) is 0. The molecule has 1 heterocycles. The Balaban J connectivity index is 3.00. The van der Waals surface area contributed by atoms with Gasteiger partial charge in [-0.15, -0.1) is 0 Å². The largest absolute Gasteiger partial charge is 0.395 e. The average Bonchev–Trinajstić information content (AvgIpc) is 2.39. The summed E-state index contributed by atoms with van der Waals surface area (Å²) < 4.78 is 0. The minimum atomic E-state index is -1.18. The Labute approximate surface area is 117 Å². The van der Waals surface area contributed by atoms with Crippen molar-refractivity contribution in [3.05, 3.63) is 29.6 Å². The van der Waals surface area contributed by atoms with Gasteiger partial charge in [-0.25, -0.2) is 4.98 Å². The number of amides is 2. The van der Waals surface area contributed by atoms with Crippen LogP contribution in [0.15, 0.2) is 18.3 Å². The molecule has 0 aliphatic rings. The van der Waals surface area contributed by atoms with E-state index in [9.17, 15) is 9.59 Å². The Morgan fingerprint density at radius 1 is 1.50 bits per heavy atom. The number of pyridine rings is 1. The number of primary amides is 1. The van der Waals surface area contributed by atoms with E-state index in [1.807, 2.05) is 0 Å². The molecule has 0 spiro atoms. The molecule has 0 bridgehead atoms. The maximum Gasteiger partial charge on any atom is 0.272 e. The Morgan fingerprint density at radius 2 is 2.20 bits per heavy atom. The highest BCUT2D eigenvalue weighted by Crippen LogP contribution is 2.07. The van der Waals surface area contributed by atoms with E-state index in [-0.39, 0.29) is 12.3 Å². The number of aliphatic hydroxyl groups is 1. The molecule has 1 aromatic heterocycles. The van der Waals surface area contributed by atoms with E-state index < -0.39 is 17.4 Å². The second-order valence-electron chi connectivity index (χ2n) is 4.62. The molecular weight excluding hydrogens is 258 g/mol. The van der Waals surface area contributed by atoms with Crippen molar-refractivity contribution in [3.8, 4) is 11.8 Å². The zero-order chi connectivity index (χ0) is 15.2. The monoisotopic (exact) mass is 275 g/mol. The minimum Gasteiger partial charge on any atom is -0.395 e. The number of aliphatic hydroxyl groups excluding tert-OH is 1. The number of hydrogen-bond acceptors (Lipinski definition) is 4. The molecule has 2 amide bonds. The second-order valence-corrected chi connectivity index (χ2v) is 4.62. The van der Waals surface area contributed by atoms with Gasteiger partial charge in [0.25, 0.3) is 5.91 Å². The molecule has 0 radical (unpaired) electrons. The summed E-state index contributed by atoms with van der Waals surface area (Å²) in [5.41, 5.74) is 4.57. The first kappa shape index (κ1) is 15.7. The van der Waals surface area contributed by atoms with Crippen LogP contribution in [0.3, 0.4) is 0 Å². The SMILES string of the molecule is CC(C)(NC(=O)c1ncccc1C#CCCO)C(N)=O. The van der Waals surface area contributed by atoms with E-state index in [0.717, 1.165) is 0 Å². The van der Waals surface area contributed by atoms with Crippen LogP contribution in [-0.4, -0.2) is 34.1 Å². The molecule has 0 aliphatic carbocycles. The molecule has 0 fully saturated rings. The summed E-state index contributed by atoms with van der Waals surface area (Å²) in [4.78, 5) is 27.3. The van der Waals surface area contributed by atoms with Gasteiger partial charge in [-0.1, -0.05) is 11.8 Å². The summed E-state index contributed by atoms with van der Waals surface area (Å²) in [6.07, 6.45) is 1.77. The Hall–Kier alpha value is -2.39. The predicted octanol–water partition coefficient (Wildman–Crippen LogP) is -0.191. The van der Waals surface area contributed by atoms with Crippen molar-refractivity contribution >= 4 is 11.8 Å². The summed E-state index contributed by atoms with van der Waals surface area (Å²) >= 11 is 0. The fourth-order valence-electron chi connectivity index (χ4n) is 1.31. The molecule has 106 valence electrons. The summed E-state index contributed by atoms with van der Waals surface area (Å²) in [5.74, 6) is 4.31. The molecule has 1 aromatic rings. The molecule has 0 aromatic carbocycles. The summed E-state index contributed by atoms with van der Waals surface area (Å²) in [5, 5.41) is 11.2. The first-order valence-corrected chi connectivity index (χ1v) is 6.05. The summed E-state index contributed by atoms with van der Waals surface area (Å²) in [6, 6.07) is 3.29. The number of carbonyl (C=O) groups excluding carboxylic acids is 2. The number of aromatic nitrogens is 1. The number of nitrogens with two attached hydrogens (primary N) is 1. The normalized spacial score (nSPS) is 10.3. The lowest BCUT2D eigenvalue weighted by molar-refractivity contribution is -0.122. The highest BCUT2D eigenvalue weighted by atomic mass is 16.2. The number of nitrogens with zero attached hydrogens (tertiary/aromatic N) is 1. The van der Waals surface area contributed by atoms with Crippen LogP contribution in [0.2, 0.25) is 0 Å². The van der Waals surface area contributed by atoms with Gasteiger partial charge in [-0.3, -0.25) is 9.59 Å². The molecule has 0 saturated heterocycles. The maximum atomic E-state index is 12.1. The lowest BCUT2D eigenvalue weighted by atomic mass is 10.0. The zero-order valence-corrected chi connectivity index (χ0v) is 11.4. The molecule has 6 heteroatoms. The van der Waals surface area contributed by atoms with Gasteiger partial charge in [0.1, 0.15) is 11.2 Å². The number of rotatable bonds is 4. The quantitative estimate of drug-likeness (QED) is 0.662. The predicted molar refractivity (Wildman–Crippen MR) is 73.6 cm³/mol. The van der Waals surface area contributed by atoms with Gasteiger partial charge in [0.05, 0.1) is 12.2 Å². The smallest absolute Gasteiger partial charge is 0.272 e. The summed E-state index contributed by atoms with van der Waals surface area (Å²) in [6.45, 7) is 2.96. The molecular formula is C14H17N3O3. The van der Waals surface area contributed by atoms with Crippen molar-refractivity contribution in [2.75, 3.05) is 6.61 Å².